The van der Waals surface area contributed by atoms with Crippen molar-refractivity contribution in [3.8, 4) is 17.2 Å². The molecule has 0 aliphatic rings. The molecule has 1 heterocycles. The predicted molar refractivity (Wildman–Crippen MR) is 119 cm³/mol. The first kappa shape index (κ1) is 27.3. The lowest BCUT2D eigenvalue weighted by Crippen LogP contribution is -2.42. The van der Waals surface area contributed by atoms with Gasteiger partial charge in [0.25, 0.3) is 0 Å². The topological polar surface area (TPSA) is 161 Å². The van der Waals surface area contributed by atoms with Gasteiger partial charge in [0, 0.05) is 22.6 Å². The van der Waals surface area contributed by atoms with Crippen molar-refractivity contribution in [3.05, 3.63) is 69.2 Å². The van der Waals surface area contributed by atoms with Gasteiger partial charge < -0.3 is 24.7 Å². The van der Waals surface area contributed by atoms with Crippen molar-refractivity contribution in [1.29, 1.82) is 0 Å². The molecule has 0 bridgehead atoms. The van der Waals surface area contributed by atoms with Crippen LogP contribution in [0.1, 0.15) is 24.0 Å². The molecule has 0 aliphatic carbocycles. The fraction of sp³-hybridized carbons (Fsp3) is 0.227. The Balaban J connectivity index is 1.79. The van der Waals surface area contributed by atoms with Gasteiger partial charge in [-0.05, 0) is 48.9 Å². The summed E-state index contributed by atoms with van der Waals surface area (Å²) < 4.78 is 49.3. The summed E-state index contributed by atoms with van der Waals surface area (Å²) in [6, 6.07) is 6.19. The maximum atomic E-state index is 12.8. The standard InChI is InChI=1S/C22H17ClF3N3O8/c23-14-5-7-16(36-20(34)27-15(19(32)33)6-8-17(30)31)12(9-14)10-29-21(35)37-18(28-29)11-1-3-13(4-2-11)22(24,25)26/h1-5,7,9,15H,6,8,10H2,(H,27,34)(H,30,31)(H,32,33)/t15-/m0/s1. The molecule has 0 saturated carbocycles. The van der Waals surface area contributed by atoms with E-state index in [1.54, 1.807) is 0 Å². The number of aliphatic carboxylic acids is 2. The van der Waals surface area contributed by atoms with Crippen LogP contribution in [0.15, 0.2) is 51.7 Å². The average Bonchev–Trinajstić information content (AvgIpc) is 3.17. The van der Waals surface area contributed by atoms with Gasteiger partial charge in [-0.3, -0.25) is 4.79 Å². The minimum Gasteiger partial charge on any atom is -0.481 e. The number of amides is 1. The Hall–Kier alpha value is -4.33. The van der Waals surface area contributed by atoms with Crippen molar-refractivity contribution >= 4 is 29.6 Å². The van der Waals surface area contributed by atoms with E-state index in [0.29, 0.717) is 0 Å². The van der Waals surface area contributed by atoms with E-state index in [9.17, 15) is 37.5 Å². The highest BCUT2D eigenvalue weighted by Crippen LogP contribution is 2.30. The highest BCUT2D eigenvalue weighted by Gasteiger charge is 2.30. The van der Waals surface area contributed by atoms with E-state index in [4.69, 9.17) is 25.9 Å². The second kappa shape index (κ2) is 11.2. The number of halogens is 4. The number of carbonyl (C=O) groups excluding carboxylic acids is 1. The highest BCUT2D eigenvalue weighted by molar-refractivity contribution is 6.30. The molecular weight excluding hydrogens is 527 g/mol. The minimum absolute atomic E-state index is 0.104. The Morgan fingerprint density at radius 1 is 1.14 bits per heavy atom. The third kappa shape index (κ3) is 7.33. The third-order valence-corrected chi connectivity index (χ3v) is 5.08. The molecule has 1 aromatic heterocycles. The zero-order valence-corrected chi connectivity index (χ0v) is 19.2. The maximum Gasteiger partial charge on any atom is 0.437 e. The van der Waals surface area contributed by atoms with Crippen LogP contribution in [0.2, 0.25) is 5.02 Å². The highest BCUT2D eigenvalue weighted by atomic mass is 35.5. The molecule has 1 atom stereocenters. The Labute approximate surface area is 210 Å². The molecule has 1 amide bonds. The molecule has 0 unspecified atom stereocenters. The number of alkyl halides is 3. The first-order valence-electron chi connectivity index (χ1n) is 10.3. The fourth-order valence-electron chi connectivity index (χ4n) is 3.05. The average molecular weight is 544 g/mol. The summed E-state index contributed by atoms with van der Waals surface area (Å²) in [6.45, 7) is -0.340. The van der Waals surface area contributed by atoms with E-state index in [0.717, 1.165) is 28.9 Å². The number of hydrogen-bond acceptors (Lipinski definition) is 7. The first-order chi connectivity index (χ1) is 17.3. The van der Waals surface area contributed by atoms with Crippen LogP contribution in [-0.4, -0.2) is 44.1 Å². The Morgan fingerprint density at radius 2 is 1.81 bits per heavy atom. The van der Waals surface area contributed by atoms with Crippen LogP contribution < -0.4 is 15.8 Å². The lowest BCUT2D eigenvalue weighted by Gasteiger charge is -2.15. The third-order valence-electron chi connectivity index (χ3n) is 4.85. The summed E-state index contributed by atoms with van der Waals surface area (Å²) >= 11 is 6.00. The van der Waals surface area contributed by atoms with E-state index in [1.807, 2.05) is 5.32 Å². The van der Waals surface area contributed by atoms with Crippen LogP contribution >= 0.6 is 11.6 Å². The van der Waals surface area contributed by atoms with Crippen molar-refractivity contribution in [3.63, 3.8) is 0 Å². The summed E-state index contributed by atoms with van der Waals surface area (Å²) in [7, 11) is 0. The summed E-state index contributed by atoms with van der Waals surface area (Å²) in [5, 5.41) is 24.1. The minimum atomic E-state index is -4.55. The lowest BCUT2D eigenvalue weighted by molar-refractivity contribution is -0.141. The van der Waals surface area contributed by atoms with Gasteiger partial charge in [-0.25, -0.2) is 14.4 Å². The number of hydrogen-bond donors (Lipinski definition) is 3. The molecule has 196 valence electrons. The van der Waals surface area contributed by atoms with Crippen molar-refractivity contribution in [2.45, 2.75) is 31.6 Å². The van der Waals surface area contributed by atoms with Gasteiger partial charge in [0.15, 0.2) is 0 Å². The number of benzene rings is 2. The molecule has 0 radical (unpaired) electrons. The monoisotopic (exact) mass is 543 g/mol. The molecule has 15 heteroatoms. The molecule has 37 heavy (non-hydrogen) atoms. The van der Waals surface area contributed by atoms with Crippen molar-refractivity contribution in [1.82, 2.24) is 15.1 Å². The quantitative estimate of drug-likeness (QED) is 0.366. The number of ether oxygens (including phenoxy) is 1. The molecule has 3 N–H and O–H groups in total. The number of aromatic nitrogens is 2. The largest absolute Gasteiger partial charge is 0.481 e. The molecule has 0 saturated heterocycles. The van der Waals surface area contributed by atoms with Crippen LogP contribution in [0, 0.1) is 0 Å². The van der Waals surface area contributed by atoms with Crippen LogP contribution in [0.25, 0.3) is 11.5 Å². The summed E-state index contributed by atoms with van der Waals surface area (Å²) in [5.74, 6) is -4.08. The molecule has 0 fully saturated rings. The van der Waals surface area contributed by atoms with Crippen LogP contribution in [-0.2, 0) is 22.3 Å². The smallest absolute Gasteiger partial charge is 0.437 e. The van der Waals surface area contributed by atoms with Crippen LogP contribution in [0.5, 0.6) is 5.75 Å². The van der Waals surface area contributed by atoms with E-state index in [2.05, 4.69) is 5.10 Å². The van der Waals surface area contributed by atoms with E-state index < -0.39 is 54.4 Å². The van der Waals surface area contributed by atoms with Crippen molar-refractivity contribution in [2.75, 3.05) is 0 Å². The van der Waals surface area contributed by atoms with E-state index >= 15 is 0 Å². The Kier molecular flexibility index (Phi) is 8.22. The maximum absolute atomic E-state index is 12.8. The van der Waals surface area contributed by atoms with Crippen molar-refractivity contribution < 1.29 is 46.9 Å². The molecule has 3 rings (SSSR count). The lowest BCUT2D eigenvalue weighted by atomic mass is 10.1. The summed E-state index contributed by atoms with van der Waals surface area (Å²) in [6.07, 6.45) is -6.66. The molecule has 0 aliphatic heterocycles. The SMILES string of the molecule is O=C(O)CC[C@H](NC(=O)Oc1ccc(Cl)cc1Cn1nc(-c2ccc(C(F)(F)F)cc2)oc1=O)C(=O)O. The van der Waals surface area contributed by atoms with Gasteiger partial charge in [0.05, 0.1) is 12.1 Å². The number of nitrogens with one attached hydrogen (secondary N) is 1. The molecule has 11 nitrogen and oxygen atoms in total. The van der Waals surface area contributed by atoms with Gasteiger partial charge in [0.1, 0.15) is 11.8 Å². The second-order valence-corrected chi connectivity index (χ2v) is 7.95. The van der Waals surface area contributed by atoms with Crippen molar-refractivity contribution in [2.24, 2.45) is 0 Å². The number of carboxylic acids is 2. The fourth-order valence-corrected chi connectivity index (χ4v) is 3.25. The zero-order chi connectivity index (χ0) is 27.3. The molecule has 2 aromatic carbocycles. The Morgan fingerprint density at radius 3 is 2.41 bits per heavy atom. The van der Waals surface area contributed by atoms with E-state index in [1.165, 1.54) is 18.2 Å². The number of nitrogens with zero attached hydrogens (tertiary/aromatic N) is 2. The molecule has 0 spiro atoms. The Bertz CT molecular complexity index is 1370. The number of rotatable bonds is 9. The second-order valence-electron chi connectivity index (χ2n) is 7.52. The predicted octanol–water partition coefficient (Wildman–Crippen LogP) is 3.63. The van der Waals surface area contributed by atoms with Crippen LogP contribution in [0.4, 0.5) is 18.0 Å². The number of carbonyl (C=O) groups is 3. The van der Waals surface area contributed by atoms with E-state index in [-0.39, 0.29) is 34.3 Å². The summed E-state index contributed by atoms with van der Waals surface area (Å²) in [4.78, 5) is 46.5. The number of carboxylic acid groups (broad SMARTS) is 2. The van der Waals surface area contributed by atoms with Gasteiger partial charge in [0.2, 0.25) is 5.89 Å². The molecule has 3 aromatic rings. The first-order valence-corrected chi connectivity index (χ1v) is 10.7. The van der Waals surface area contributed by atoms with Gasteiger partial charge in [-0.2, -0.15) is 17.9 Å². The van der Waals surface area contributed by atoms with Crippen LogP contribution in [0.3, 0.4) is 0 Å². The van der Waals surface area contributed by atoms with Gasteiger partial charge in [-0.15, -0.1) is 5.10 Å². The van der Waals surface area contributed by atoms with Gasteiger partial charge in [-0.1, -0.05) is 11.6 Å². The molecular formula is C22H17ClF3N3O8. The summed E-state index contributed by atoms with van der Waals surface area (Å²) in [5.41, 5.74) is -0.647. The van der Waals surface area contributed by atoms with Gasteiger partial charge >= 0.3 is 30.0 Å². The zero-order valence-electron chi connectivity index (χ0n) is 18.5. The normalized spacial score (nSPS) is 12.1.